The fourth-order valence-corrected chi connectivity index (χ4v) is 5.02. The molecule has 4 aromatic carbocycles. The second kappa shape index (κ2) is 12.5. The van der Waals surface area contributed by atoms with Crippen molar-refractivity contribution >= 4 is 5.69 Å². The first-order valence-electron chi connectivity index (χ1n) is 13.6. The monoisotopic (exact) mass is 541 g/mol. The standard InChI is InChI=1S/C34H36FNO4/c1-34(2)33(39-23-26-10-7-11-27(35)20-26)32(38-19-18-24-8-5-4-6-9-24)30-21-28(14-17-31(30)40-34)36-22-25-12-15-29(37-3)16-13-25/h4-17,20-21,32-33,36H,18-19,22-23H2,1-3H3. The highest BCUT2D eigenvalue weighted by atomic mass is 19.1. The summed E-state index contributed by atoms with van der Waals surface area (Å²) in [6.07, 6.45) is -0.0189. The molecule has 6 heteroatoms. The van der Waals surface area contributed by atoms with E-state index in [1.165, 1.54) is 17.7 Å². The molecule has 0 spiro atoms. The first-order valence-corrected chi connectivity index (χ1v) is 13.6. The molecule has 0 amide bonds. The molecule has 5 rings (SSSR count). The van der Waals surface area contributed by atoms with Crippen molar-refractivity contribution in [3.8, 4) is 11.5 Å². The van der Waals surface area contributed by atoms with Gasteiger partial charge in [-0.2, -0.15) is 0 Å². The van der Waals surface area contributed by atoms with Gasteiger partial charge in [0, 0.05) is 17.8 Å². The SMILES string of the molecule is COc1ccc(CNc2ccc3c(c2)C(OCCc2ccccc2)C(OCc2cccc(F)c2)C(C)(C)O3)cc1. The highest BCUT2D eigenvalue weighted by molar-refractivity contribution is 5.54. The van der Waals surface area contributed by atoms with Gasteiger partial charge in [-0.15, -0.1) is 0 Å². The molecule has 2 unspecified atom stereocenters. The number of hydrogen-bond acceptors (Lipinski definition) is 5. The van der Waals surface area contributed by atoms with Crippen LogP contribution in [0.4, 0.5) is 10.1 Å². The smallest absolute Gasteiger partial charge is 0.132 e. The van der Waals surface area contributed by atoms with Crippen molar-refractivity contribution in [1.82, 2.24) is 0 Å². The largest absolute Gasteiger partial charge is 0.497 e. The molecule has 1 heterocycles. The Morgan fingerprint density at radius 3 is 2.35 bits per heavy atom. The molecule has 4 aromatic rings. The maximum Gasteiger partial charge on any atom is 0.132 e. The summed E-state index contributed by atoms with van der Waals surface area (Å²) in [6, 6.07) is 30.9. The van der Waals surface area contributed by atoms with E-state index in [1.807, 2.05) is 74.5 Å². The first kappa shape index (κ1) is 27.7. The van der Waals surface area contributed by atoms with Crippen LogP contribution in [0.3, 0.4) is 0 Å². The molecule has 1 aliphatic heterocycles. The van der Waals surface area contributed by atoms with Gasteiger partial charge in [-0.25, -0.2) is 4.39 Å². The summed E-state index contributed by atoms with van der Waals surface area (Å²) in [7, 11) is 1.66. The lowest BCUT2D eigenvalue weighted by molar-refractivity contribution is -0.167. The lowest BCUT2D eigenvalue weighted by Crippen LogP contribution is -2.51. The molecule has 5 nitrogen and oxygen atoms in total. The quantitative estimate of drug-likeness (QED) is 0.213. The van der Waals surface area contributed by atoms with E-state index in [-0.39, 0.29) is 18.5 Å². The zero-order valence-corrected chi connectivity index (χ0v) is 23.2. The van der Waals surface area contributed by atoms with Crippen molar-refractivity contribution in [1.29, 1.82) is 0 Å². The fourth-order valence-electron chi connectivity index (χ4n) is 5.02. The molecule has 208 valence electrons. The summed E-state index contributed by atoms with van der Waals surface area (Å²) in [6.45, 7) is 5.45. The number of fused-ring (bicyclic) bond motifs is 1. The summed E-state index contributed by atoms with van der Waals surface area (Å²) in [4.78, 5) is 0. The minimum atomic E-state index is -0.671. The molecule has 40 heavy (non-hydrogen) atoms. The van der Waals surface area contributed by atoms with Crippen LogP contribution in [0.1, 0.15) is 42.2 Å². The minimum absolute atomic E-state index is 0.249. The zero-order chi connectivity index (χ0) is 28.0. The highest BCUT2D eigenvalue weighted by Crippen LogP contribution is 2.44. The molecule has 0 aromatic heterocycles. The van der Waals surface area contributed by atoms with Crippen LogP contribution in [0, 0.1) is 5.82 Å². The molecule has 2 atom stereocenters. The number of rotatable bonds is 11. The van der Waals surface area contributed by atoms with Crippen molar-refractivity contribution in [2.75, 3.05) is 19.0 Å². The number of benzene rings is 4. The number of methoxy groups -OCH3 is 1. The molecule has 0 bridgehead atoms. The van der Waals surface area contributed by atoms with E-state index >= 15 is 0 Å². The summed E-state index contributed by atoms with van der Waals surface area (Å²) in [5, 5.41) is 3.52. The van der Waals surface area contributed by atoms with Gasteiger partial charge in [0.2, 0.25) is 0 Å². The summed E-state index contributed by atoms with van der Waals surface area (Å²) in [5.41, 5.74) is 4.33. The third kappa shape index (κ3) is 6.82. The molecule has 0 saturated carbocycles. The van der Waals surface area contributed by atoms with E-state index in [0.717, 1.165) is 40.3 Å². The van der Waals surface area contributed by atoms with Gasteiger partial charge < -0.3 is 24.3 Å². The number of ether oxygens (including phenoxy) is 4. The maximum atomic E-state index is 13.8. The van der Waals surface area contributed by atoms with Crippen LogP contribution >= 0.6 is 0 Å². The van der Waals surface area contributed by atoms with E-state index in [0.29, 0.717) is 13.2 Å². The summed E-state index contributed by atoms with van der Waals surface area (Å²) in [5.74, 6) is 1.32. The Hall–Kier alpha value is -3.87. The molecule has 1 aliphatic rings. The van der Waals surface area contributed by atoms with Gasteiger partial charge in [-0.3, -0.25) is 0 Å². The second-order valence-corrected chi connectivity index (χ2v) is 10.5. The summed E-state index contributed by atoms with van der Waals surface area (Å²) < 4.78 is 38.6. The number of nitrogens with one attached hydrogen (secondary N) is 1. The van der Waals surface area contributed by atoms with Gasteiger partial charge in [-0.1, -0.05) is 54.6 Å². The zero-order valence-electron chi connectivity index (χ0n) is 23.2. The van der Waals surface area contributed by atoms with Crippen molar-refractivity contribution in [2.45, 2.75) is 51.2 Å². The predicted octanol–water partition coefficient (Wildman–Crippen LogP) is 7.50. The van der Waals surface area contributed by atoms with Crippen LogP contribution in [0.15, 0.2) is 97.1 Å². The van der Waals surface area contributed by atoms with Gasteiger partial charge >= 0.3 is 0 Å². The number of halogens is 1. The Balaban J connectivity index is 1.38. The van der Waals surface area contributed by atoms with Gasteiger partial charge in [0.1, 0.15) is 35.1 Å². The van der Waals surface area contributed by atoms with Crippen LogP contribution in [-0.2, 0) is 29.0 Å². The third-order valence-electron chi connectivity index (χ3n) is 7.15. The Morgan fingerprint density at radius 1 is 0.825 bits per heavy atom. The topological polar surface area (TPSA) is 49.0 Å². The second-order valence-electron chi connectivity index (χ2n) is 10.5. The lowest BCUT2D eigenvalue weighted by Gasteiger charge is -2.44. The molecule has 0 radical (unpaired) electrons. The maximum absolute atomic E-state index is 13.8. The van der Waals surface area contributed by atoms with Crippen LogP contribution < -0.4 is 14.8 Å². The Bertz CT molecular complexity index is 1390. The molecular weight excluding hydrogens is 505 g/mol. The first-order chi connectivity index (χ1) is 19.4. The Labute approximate surface area is 235 Å². The lowest BCUT2D eigenvalue weighted by atomic mass is 9.87. The van der Waals surface area contributed by atoms with E-state index in [9.17, 15) is 4.39 Å². The molecular formula is C34H36FNO4. The predicted molar refractivity (Wildman–Crippen MR) is 155 cm³/mol. The number of anilines is 1. The van der Waals surface area contributed by atoms with Crippen LogP contribution in [0.5, 0.6) is 11.5 Å². The van der Waals surface area contributed by atoms with Crippen molar-refractivity contribution in [2.24, 2.45) is 0 Å². The van der Waals surface area contributed by atoms with E-state index in [1.54, 1.807) is 13.2 Å². The van der Waals surface area contributed by atoms with E-state index < -0.39 is 11.7 Å². The minimum Gasteiger partial charge on any atom is -0.497 e. The Kier molecular flexibility index (Phi) is 8.68. The van der Waals surface area contributed by atoms with Gasteiger partial charge in [0.15, 0.2) is 0 Å². The van der Waals surface area contributed by atoms with Gasteiger partial charge in [-0.05, 0) is 79.4 Å². The van der Waals surface area contributed by atoms with E-state index in [2.05, 4.69) is 23.5 Å². The molecule has 1 N–H and O–H groups in total. The van der Waals surface area contributed by atoms with Crippen molar-refractivity contribution < 1.29 is 23.3 Å². The van der Waals surface area contributed by atoms with E-state index in [4.69, 9.17) is 18.9 Å². The van der Waals surface area contributed by atoms with Gasteiger partial charge in [0.05, 0.1) is 20.3 Å². The number of hydrogen-bond donors (Lipinski definition) is 1. The summed E-state index contributed by atoms with van der Waals surface area (Å²) >= 11 is 0. The average molecular weight is 542 g/mol. The molecule has 0 fully saturated rings. The fraction of sp³-hybridized carbons (Fsp3) is 0.294. The van der Waals surface area contributed by atoms with Crippen LogP contribution in [-0.4, -0.2) is 25.4 Å². The normalized spacial score (nSPS) is 17.5. The van der Waals surface area contributed by atoms with Gasteiger partial charge in [0.25, 0.3) is 0 Å². The van der Waals surface area contributed by atoms with Crippen molar-refractivity contribution in [3.05, 3.63) is 125 Å². The highest BCUT2D eigenvalue weighted by Gasteiger charge is 2.45. The Morgan fingerprint density at radius 2 is 1.60 bits per heavy atom. The van der Waals surface area contributed by atoms with Crippen LogP contribution in [0.2, 0.25) is 0 Å². The average Bonchev–Trinajstić information content (AvgIpc) is 2.96. The van der Waals surface area contributed by atoms with Crippen LogP contribution in [0.25, 0.3) is 0 Å². The third-order valence-corrected chi connectivity index (χ3v) is 7.15. The molecule has 0 aliphatic carbocycles. The van der Waals surface area contributed by atoms with Crippen molar-refractivity contribution in [3.63, 3.8) is 0 Å². The molecule has 0 saturated heterocycles.